The SMILES string of the molecule is CCC1CCCCN1C(=O)CCCNC(=O)c1c(C)nc2c(C)cccn12. The van der Waals surface area contributed by atoms with E-state index in [0.717, 1.165) is 42.7 Å². The fraction of sp³-hybridized carbons (Fsp3) is 0.571. The van der Waals surface area contributed by atoms with E-state index in [1.165, 1.54) is 6.42 Å². The van der Waals surface area contributed by atoms with Crippen molar-refractivity contribution in [2.24, 2.45) is 0 Å². The van der Waals surface area contributed by atoms with Gasteiger partial charge in [-0.15, -0.1) is 0 Å². The van der Waals surface area contributed by atoms with Gasteiger partial charge in [0.15, 0.2) is 0 Å². The highest BCUT2D eigenvalue weighted by molar-refractivity contribution is 5.94. The second kappa shape index (κ2) is 8.55. The van der Waals surface area contributed by atoms with Crippen molar-refractivity contribution in [2.45, 2.75) is 65.3 Å². The first-order valence-corrected chi connectivity index (χ1v) is 10.0. The third-order valence-electron chi connectivity index (χ3n) is 5.51. The number of carbonyl (C=O) groups excluding carboxylic acids is 2. The summed E-state index contributed by atoms with van der Waals surface area (Å²) in [5, 5.41) is 2.95. The van der Waals surface area contributed by atoms with Crippen LogP contribution in [0.1, 0.15) is 67.2 Å². The molecule has 1 aliphatic rings. The molecule has 1 N–H and O–H groups in total. The van der Waals surface area contributed by atoms with Crippen molar-refractivity contribution >= 4 is 17.5 Å². The summed E-state index contributed by atoms with van der Waals surface area (Å²) in [6, 6.07) is 4.30. The van der Waals surface area contributed by atoms with Crippen molar-refractivity contribution in [1.82, 2.24) is 19.6 Å². The Hall–Kier alpha value is -2.37. The third kappa shape index (κ3) is 4.15. The molecular formula is C21H30N4O2. The number of aromatic nitrogens is 2. The molecule has 1 atom stereocenters. The summed E-state index contributed by atoms with van der Waals surface area (Å²) >= 11 is 0. The van der Waals surface area contributed by atoms with Crippen molar-refractivity contribution in [3.8, 4) is 0 Å². The van der Waals surface area contributed by atoms with Gasteiger partial charge in [-0.05, 0) is 57.6 Å². The number of pyridine rings is 1. The largest absolute Gasteiger partial charge is 0.351 e. The molecule has 0 aliphatic carbocycles. The summed E-state index contributed by atoms with van der Waals surface area (Å²) in [4.78, 5) is 31.7. The van der Waals surface area contributed by atoms with E-state index in [9.17, 15) is 9.59 Å². The zero-order chi connectivity index (χ0) is 19.4. The number of likely N-dealkylation sites (tertiary alicyclic amines) is 1. The maximum absolute atomic E-state index is 12.6. The molecule has 0 saturated carbocycles. The van der Waals surface area contributed by atoms with Crippen LogP contribution in [-0.2, 0) is 4.79 Å². The van der Waals surface area contributed by atoms with Gasteiger partial charge in [0.2, 0.25) is 5.91 Å². The Bertz CT molecular complexity index is 827. The minimum atomic E-state index is -0.137. The van der Waals surface area contributed by atoms with E-state index >= 15 is 0 Å². The lowest BCUT2D eigenvalue weighted by Crippen LogP contribution is -2.43. The molecule has 0 spiro atoms. The summed E-state index contributed by atoms with van der Waals surface area (Å²) < 4.78 is 1.84. The van der Waals surface area contributed by atoms with E-state index < -0.39 is 0 Å². The molecule has 0 bridgehead atoms. The predicted octanol–water partition coefficient (Wildman–Crippen LogP) is 3.25. The van der Waals surface area contributed by atoms with Crippen LogP contribution in [-0.4, -0.2) is 45.2 Å². The number of hydrogen-bond donors (Lipinski definition) is 1. The van der Waals surface area contributed by atoms with Gasteiger partial charge >= 0.3 is 0 Å². The van der Waals surface area contributed by atoms with Gasteiger partial charge < -0.3 is 10.2 Å². The highest BCUT2D eigenvalue weighted by Crippen LogP contribution is 2.20. The zero-order valence-electron chi connectivity index (χ0n) is 16.6. The maximum Gasteiger partial charge on any atom is 0.270 e. The number of amides is 2. The molecule has 1 fully saturated rings. The number of nitrogens with one attached hydrogen (secondary N) is 1. The minimum Gasteiger partial charge on any atom is -0.351 e. The lowest BCUT2D eigenvalue weighted by molar-refractivity contribution is -0.135. The van der Waals surface area contributed by atoms with Crippen LogP contribution in [0, 0.1) is 13.8 Å². The highest BCUT2D eigenvalue weighted by atomic mass is 16.2. The van der Waals surface area contributed by atoms with Crippen LogP contribution in [0.4, 0.5) is 0 Å². The van der Waals surface area contributed by atoms with Gasteiger partial charge in [-0.3, -0.25) is 14.0 Å². The van der Waals surface area contributed by atoms with Gasteiger partial charge in [0.25, 0.3) is 5.91 Å². The molecule has 1 saturated heterocycles. The first kappa shape index (κ1) is 19.4. The van der Waals surface area contributed by atoms with Gasteiger partial charge in [-0.25, -0.2) is 4.98 Å². The Morgan fingerprint density at radius 3 is 2.89 bits per heavy atom. The normalized spacial score (nSPS) is 17.3. The van der Waals surface area contributed by atoms with Crippen LogP contribution in [0.15, 0.2) is 18.3 Å². The second-order valence-electron chi connectivity index (χ2n) is 7.44. The van der Waals surface area contributed by atoms with E-state index in [1.807, 2.05) is 41.5 Å². The number of hydrogen-bond acceptors (Lipinski definition) is 3. The third-order valence-corrected chi connectivity index (χ3v) is 5.51. The molecular weight excluding hydrogens is 340 g/mol. The number of piperidine rings is 1. The van der Waals surface area contributed by atoms with Crippen molar-refractivity contribution in [1.29, 1.82) is 0 Å². The molecule has 0 radical (unpaired) electrons. The first-order valence-electron chi connectivity index (χ1n) is 10.0. The van der Waals surface area contributed by atoms with E-state index in [-0.39, 0.29) is 11.8 Å². The summed E-state index contributed by atoms with van der Waals surface area (Å²) in [5.41, 5.74) is 3.14. The Kier molecular flexibility index (Phi) is 6.14. The Balaban J connectivity index is 1.54. The summed E-state index contributed by atoms with van der Waals surface area (Å²) in [5.74, 6) is 0.0832. The monoisotopic (exact) mass is 370 g/mol. The smallest absolute Gasteiger partial charge is 0.270 e. The number of carbonyl (C=O) groups is 2. The molecule has 6 heteroatoms. The predicted molar refractivity (Wildman–Crippen MR) is 106 cm³/mol. The average molecular weight is 370 g/mol. The minimum absolute atomic E-state index is 0.137. The number of imidazole rings is 1. The van der Waals surface area contributed by atoms with Crippen LogP contribution < -0.4 is 5.32 Å². The molecule has 3 rings (SSSR count). The van der Waals surface area contributed by atoms with Crippen molar-refractivity contribution in [2.75, 3.05) is 13.1 Å². The van der Waals surface area contributed by atoms with Crippen LogP contribution >= 0.6 is 0 Å². The quantitative estimate of drug-likeness (QED) is 0.794. The van der Waals surface area contributed by atoms with E-state index in [0.29, 0.717) is 31.1 Å². The van der Waals surface area contributed by atoms with Crippen LogP contribution in [0.3, 0.4) is 0 Å². The Labute approximate surface area is 161 Å². The maximum atomic E-state index is 12.6. The first-order chi connectivity index (χ1) is 13.0. The Morgan fingerprint density at radius 1 is 1.30 bits per heavy atom. The molecule has 2 aromatic heterocycles. The number of rotatable bonds is 6. The molecule has 27 heavy (non-hydrogen) atoms. The van der Waals surface area contributed by atoms with E-state index in [1.54, 1.807) is 0 Å². The van der Waals surface area contributed by atoms with Crippen molar-refractivity contribution in [3.05, 3.63) is 35.3 Å². The highest BCUT2D eigenvalue weighted by Gasteiger charge is 2.24. The van der Waals surface area contributed by atoms with E-state index in [4.69, 9.17) is 0 Å². The van der Waals surface area contributed by atoms with Gasteiger partial charge in [-0.1, -0.05) is 13.0 Å². The molecule has 3 heterocycles. The van der Waals surface area contributed by atoms with Gasteiger partial charge in [0.1, 0.15) is 11.3 Å². The topological polar surface area (TPSA) is 66.7 Å². The standard InChI is InChI=1S/C21H30N4O2/c1-4-17-10-5-6-13-24(17)18(26)11-7-12-22-21(27)19-16(3)23-20-15(2)9-8-14-25(19)20/h8-9,14,17H,4-7,10-13H2,1-3H3,(H,22,27). The van der Waals surface area contributed by atoms with Crippen LogP contribution in [0.25, 0.3) is 5.65 Å². The number of nitrogens with zero attached hydrogens (tertiary/aromatic N) is 3. The molecule has 2 aromatic rings. The fourth-order valence-electron chi connectivity index (χ4n) is 4.01. The van der Waals surface area contributed by atoms with Crippen LogP contribution in [0.2, 0.25) is 0 Å². The molecule has 2 amide bonds. The zero-order valence-corrected chi connectivity index (χ0v) is 16.6. The summed E-state index contributed by atoms with van der Waals surface area (Å²) in [6.45, 7) is 7.36. The average Bonchev–Trinajstić information content (AvgIpc) is 3.02. The number of aryl methyl sites for hydroxylation is 2. The molecule has 1 aliphatic heterocycles. The molecule has 6 nitrogen and oxygen atoms in total. The van der Waals surface area contributed by atoms with Gasteiger partial charge in [0.05, 0.1) is 5.69 Å². The summed E-state index contributed by atoms with van der Waals surface area (Å²) in [6.07, 6.45) is 7.47. The summed E-state index contributed by atoms with van der Waals surface area (Å²) in [7, 11) is 0. The Morgan fingerprint density at radius 2 is 2.11 bits per heavy atom. The molecule has 1 unspecified atom stereocenters. The number of fused-ring (bicyclic) bond motifs is 1. The fourth-order valence-corrected chi connectivity index (χ4v) is 4.01. The van der Waals surface area contributed by atoms with Gasteiger partial charge in [0, 0.05) is 31.7 Å². The van der Waals surface area contributed by atoms with Crippen LogP contribution in [0.5, 0.6) is 0 Å². The lowest BCUT2D eigenvalue weighted by atomic mass is 9.99. The lowest BCUT2D eigenvalue weighted by Gasteiger charge is -2.35. The van der Waals surface area contributed by atoms with Crippen molar-refractivity contribution in [3.63, 3.8) is 0 Å². The molecule has 146 valence electrons. The van der Waals surface area contributed by atoms with E-state index in [2.05, 4.69) is 17.2 Å². The second-order valence-corrected chi connectivity index (χ2v) is 7.44. The van der Waals surface area contributed by atoms with Crippen molar-refractivity contribution < 1.29 is 9.59 Å². The van der Waals surface area contributed by atoms with Gasteiger partial charge in [-0.2, -0.15) is 0 Å². The molecule has 0 aromatic carbocycles.